The fraction of sp³-hybridized carbons (Fsp3) is 0.286. The normalized spacial score (nSPS) is 15.4. The van der Waals surface area contributed by atoms with Crippen LogP contribution in [0.4, 0.5) is 14.6 Å². The van der Waals surface area contributed by atoms with E-state index in [4.69, 9.17) is 0 Å². The molecule has 152 valence electrons. The summed E-state index contributed by atoms with van der Waals surface area (Å²) in [5.74, 6) is -1.87. The highest BCUT2D eigenvalue weighted by Gasteiger charge is 2.16. The molecular weight excluding hydrogens is 394 g/mol. The van der Waals surface area contributed by atoms with Gasteiger partial charge in [-0.2, -0.15) is 0 Å². The Bertz CT molecular complexity index is 935. The van der Waals surface area contributed by atoms with Crippen molar-refractivity contribution in [2.45, 2.75) is 26.2 Å². The number of rotatable bonds is 5. The van der Waals surface area contributed by atoms with Crippen molar-refractivity contribution in [1.29, 1.82) is 0 Å². The Kier molecular flexibility index (Phi) is 6.98. The molecule has 1 aromatic carbocycles. The van der Waals surface area contributed by atoms with E-state index < -0.39 is 23.1 Å². The van der Waals surface area contributed by atoms with E-state index in [1.807, 2.05) is 12.1 Å². The van der Waals surface area contributed by atoms with Gasteiger partial charge in [0.2, 0.25) is 0 Å². The number of benzene rings is 1. The number of hydrogen-bond acceptors (Lipinski definition) is 5. The Morgan fingerprint density at radius 1 is 1.21 bits per heavy atom. The van der Waals surface area contributed by atoms with E-state index in [9.17, 15) is 13.6 Å². The van der Waals surface area contributed by atoms with E-state index in [1.54, 1.807) is 13.1 Å². The lowest BCUT2D eigenvalue weighted by Gasteiger charge is -2.28. The summed E-state index contributed by atoms with van der Waals surface area (Å²) in [6.07, 6.45) is 6.38. The lowest BCUT2D eigenvalue weighted by atomic mass is 10.1. The molecule has 5 nitrogen and oxygen atoms in total. The zero-order valence-corrected chi connectivity index (χ0v) is 16.9. The summed E-state index contributed by atoms with van der Waals surface area (Å²) in [6, 6.07) is 7.04. The van der Waals surface area contributed by atoms with Gasteiger partial charge in [-0.05, 0) is 56.0 Å². The Balaban J connectivity index is 1.71. The third-order valence-electron chi connectivity index (χ3n) is 4.69. The first-order valence-corrected chi connectivity index (χ1v) is 9.80. The van der Waals surface area contributed by atoms with Gasteiger partial charge in [0.1, 0.15) is 23.0 Å². The minimum absolute atomic E-state index is 0.540. The van der Waals surface area contributed by atoms with Crippen LogP contribution in [-0.2, 0) is 0 Å². The zero-order valence-electron chi connectivity index (χ0n) is 16.0. The van der Waals surface area contributed by atoms with E-state index in [0.29, 0.717) is 10.6 Å². The number of nitrogens with one attached hydrogen (secondary N) is 1. The van der Waals surface area contributed by atoms with Gasteiger partial charge in [0.25, 0.3) is 5.91 Å². The highest BCUT2D eigenvalue weighted by atomic mass is 32.1. The van der Waals surface area contributed by atoms with Crippen molar-refractivity contribution in [3.05, 3.63) is 65.0 Å². The van der Waals surface area contributed by atoms with E-state index >= 15 is 0 Å². The lowest BCUT2D eigenvalue weighted by molar-refractivity contribution is 0.0970. The average Bonchev–Trinajstić information content (AvgIpc) is 2.73. The molecule has 0 radical (unpaired) electrons. The summed E-state index contributed by atoms with van der Waals surface area (Å²) in [7, 11) is 0. The van der Waals surface area contributed by atoms with E-state index in [2.05, 4.69) is 32.8 Å². The topological polar surface area (TPSA) is 57.6 Å². The maximum atomic E-state index is 13.7. The molecule has 1 saturated heterocycles. The highest BCUT2D eigenvalue weighted by molar-refractivity contribution is 7.90. The molecule has 29 heavy (non-hydrogen) atoms. The Labute approximate surface area is 174 Å². The van der Waals surface area contributed by atoms with Gasteiger partial charge in [-0.15, -0.1) is 12.6 Å². The number of aromatic nitrogens is 1. The first-order chi connectivity index (χ1) is 14.0. The molecule has 2 aromatic rings. The summed E-state index contributed by atoms with van der Waals surface area (Å²) in [6.45, 7) is 3.70. The quantitative estimate of drug-likeness (QED) is 0.431. The molecule has 0 saturated carbocycles. The largest absolute Gasteiger partial charge is 0.357 e. The van der Waals surface area contributed by atoms with Crippen molar-refractivity contribution < 1.29 is 13.6 Å². The fourth-order valence-electron chi connectivity index (χ4n) is 3.11. The average molecular weight is 416 g/mol. The third-order valence-corrected chi connectivity index (χ3v) is 5.27. The third kappa shape index (κ3) is 5.20. The summed E-state index contributed by atoms with van der Waals surface area (Å²) in [4.78, 5) is 23.4. The van der Waals surface area contributed by atoms with Crippen molar-refractivity contribution in [2.24, 2.45) is 4.99 Å². The van der Waals surface area contributed by atoms with Gasteiger partial charge in [0, 0.05) is 24.2 Å². The first-order valence-electron chi connectivity index (χ1n) is 9.36. The summed E-state index contributed by atoms with van der Waals surface area (Å²) < 4.78 is 27.3. The fourth-order valence-corrected chi connectivity index (χ4v) is 3.30. The second-order valence-corrected chi connectivity index (χ2v) is 7.16. The van der Waals surface area contributed by atoms with Crippen LogP contribution in [0, 0.1) is 11.6 Å². The number of pyridine rings is 1. The van der Waals surface area contributed by atoms with Crippen LogP contribution in [0.1, 0.15) is 42.1 Å². The van der Waals surface area contributed by atoms with E-state index in [0.717, 1.165) is 55.8 Å². The number of carbonyl (C=O) groups is 1. The van der Waals surface area contributed by atoms with Crippen molar-refractivity contribution in [1.82, 2.24) is 10.3 Å². The molecule has 0 unspecified atom stereocenters. The number of thiol groups is 1. The van der Waals surface area contributed by atoms with Crippen molar-refractivity contribution in [3.63, 3.8) is 0 Å². The molecule has 0 aliphatic carbocycles. The van der Waals surface area contributed by atoms with Crippen LogP contribution in [0.3, 0.4) is 0 Å². The summed E-state index contributed by atoms with van der Waals surface area (Å²) in [5, 5.41) is 2.28. The molecule has 0 bridgehead atoms. The van der Waals surface area contributed by atoms with Gasteiger partial charge in [-0.1, -0.05) is 6.07 Å². The van der Waals surface area contributed by atoms with Crippen molar-refractivity contribution >= 4 is 35.6 Å². The highest BCUT2D eigenvalue weighted by Crippen LogP contribution is 2.26. The number of nitrogens with zero attached hydrogens (tertiary/aromatic N) is 3. The predicted octanol–water partition coefficient (Wildman–Crippen LogP) is 4.43. The molecule has 3 rings (SSSR count). The molecule has 8 heteroatoms. The van der Waals surface area contributed by atoms with Crippen LogP contribution in [0.15, 0.2) is 47.2 Å². The van der Waals surface area contributed by atoms with Crippen LogP contribution in [-0.4, -0.2) is 30.3 Å². The van der Waals surface area contributed by atoms with Gasteiger partial charge in [0.05, 0.1) is 12.0 Å². The number of anilines is 1. The second kappa shape index (κ2) is 9.65. The standard InChI is InChI=1S/C21H22F2N4OS/c1-14(25-13-26-21(28)19-16(22)6-5-7-17(19)23)20(29)15-8-9-24-18(12-15)27-10-3-2-4-11-27/h5-9,12-13,29H,2-4,10-11H2,1H3,(H,25,26,28)/b20-14-. The van der Waals surface area contributed by atoms with Crippen LogP contribution in [0.5, 0.6) is 0 Å². The van der Waals surface area contributed by atoms with Crippen molar-refractivity contribution in [2.75, 3.05) is 18.0 Å². The summed E-state index contributed by atoms with van der Waals surface area (Å²) >= 11 is 4.54. The zero-order chi connectivity index (χ0) is 20.8. The molecular formula is C21H22F2N4OS. The number of halogens is 2. The predicted molar refractivity (Wildman–Crippen MR) is 114 cm³/mol. The van der Waals surface area contributed by atoms with Gasteiger partial charge in [0.15, 0.2) is 0 Å². The van der Waals surface area contributed by atoms with Gasteiger partial charge in [-0.25, -0.2) is 18.8 Å². The Morgan fingerprint density at radius 3 is 2.59 bits per heavy atom. The number of piperidine rings is 1. The number of amides is 1. The molecule has 1 aliphatic rings. The van der Waals surface area contributed by atoms with Gasteiger partial charge in [-0.3, -0.25) is 4.79 Å². The van der Waals surface area contributed by atoms with Crippen LogP contribution in [0.2, 0.25) is 0 Å². The maximum Gasteiger partial charge on any atom is 0.262 e. The minimum atomic E-state index is -0.930. The molecule has 1 amide bonds. The minimum Gasteiger partial charge on any atom is -0.357 e. The van der Waals surface area contributed by atoms with Crippen LogP contribution in [0.25, 0.3) is 4.91 Å². The molecule has 2 heterocycles. The van der Waals surface area contributed by atoms with Crippen LogP contribution < -0.4 is 10.2 Å². The molecule has 1 fully saturated rings. The Morgan fingerprint density at radius 2 is 1.90 bits per heavy atom. The first kappa shape index (κ1) is 21.0. The number of carbonyl (C=O) groups excluding carboxylic acids is 1. The Hall–Kier alpha value is -2.74. The molecule has 1 aliphatic heterocycles. The molecule has 0 atom stereocenters. The summed E-state index contributed by atoms with van der Waals surface area (Å²) in [5.41, 5.74) is 0.746. The lowest BCUT2D eigenvalue weighted by Crippen LogP contribution is -2.30. The number of allylic oxidation sites excluding steroid dienone is 1. The van der Waals surface area contributed by atoms with E-state index in [1.165, 1.54) is 12.5 Å². The van der Waals surface area contributed by atoms with Gasteiger partial charge >= 0.3 is 0 Å². The van der Waals surface area contributed by atoms with Crippen LogP contribution >= 0.6 is 12.6 Å². The number of hydrogen-bond donors (Lipinski definition) is 2. The maximum absolute atomic E-state index is 13.7. The van der Waals surface area contributed by atoms with Crippen molar-refractivity contribution in [3.8, 4) is 0 Å². The number of aliphatic imine (C=N–C) groups is 1. The molecule has 1 aromatic heterocycles. The molecule has 1 N–H and O–H groups in total. The SMILES string of the molecule is C/C(N=CNC(=O)c1c(F)cccc1F)=C(/S)c1ccnc(N2CCCCC2)c1. The second-order valence-electron chi connectivity index (χ2n) is 6.71. The van der Waals surface area contributed by atoms with E-state index in [-0.39, 0.29) is 0 Å². The van der Waals surface area contributed by atoms with Gasteiger partial charge < -0.3 is 10.2 Å². The molecule has 0 spiro atoms. The monoisotopic (exact) mass is 416 g/mol. The smallest absolute Gasteiger partial charge is 0.262 e.